The Bertz CT molecular complexity index is 943. The van der Waals surface area contributed by atoms with Crippen molar-refractivity contribution in [3.8, 4) is 0 Å². The maximum absolute atomic E-state index is 13.5. The summed E-state index contributed by atoms with van der Waals surface area (Å²) in [6, 6.07) is 13.8. The van der Waals surface area contributed by atoms with Crippen molar-refractivity contribution in [2.45, 2.75) is 25.4 Å². The van der Waals surface area contributed by atoms with Crippen molar-refractivity contribution in [3.63, 3.8) is 0 Å². The van der Waals surface area contributed by atoms with E-state index in [9.17, 15) is 27.6 Å². The highest BCUT2D eigenvalue weighted by atomic mass is 19.4. The molecule has 2 aromatic rings. The van der Waals surface area contributed by atoms with E-state index in [1.54, 1.807) is 18.2 Å². The van der Waals surface area contributed by atoms with Crippen LogP contribution < -0.4 is 0 Å². The number of hydrogen-bond acceptors (Lipinski definition) is 3. The first-order chi connectivity index (χ1) is 13.2. The Kier molecular flexibility index (Phi) is 5.06. The van der Waals surface area contributed by atoms with Crippen LogP contribution in [0.2, 0.25) is 0 Å². The van der Waals surface area contributed by atoms with Gasteiger partial charge in [0.05, 0.1) is 0 Å². The molecule has 0 aromatic heterocycles. The number of halogens is 3. The van der Waals surface area contributed by atoms with Gasteiger partial charge in [0.2, 0.25) is 0 Å². The predicted molar refractivity (Wildman–Crippen MR) is 97.2 cm³/mol. The minimum Gasteiger partial charge on any atom is -0.299 e. The van der Waals surface area contributed by atoms with Crippen molar-refractivity contribution in [1.29, 1.82) is 0 Å². The van der Waals surface area contributed by atoms with Gasteiger partial charge in [-0.25, -0.2) is 0 Å². The number of alkyl halides is 3. The third kappa shape index (κ3) is 3.30. The number of aldehydes is 1. The maximum Gasteiger partial charge on any atom is 0.412 e. The molecule has 0 spiro atoms. The lowest BCUT2D eigenvalue weighted by molar-refractivity contribution is -0.125. The summed E-state index contributed by atoms with van der Waals surface area (Å²) >= 11 is 0. The zero-order valence-corrected chi connectivity index (χ0v) is 15.0. The second-order valence-corrected chi connectivity index (χ2v) is 6.85. The van der Waals surface area contributed by atoms with Crippen LogP contribution >= 0.6 is 0 Å². The zero-order chi connectivity index (χ0) is 20.5. The van der Waals surface area contributed by atoms with Gasteiger partial charge in [0.1, 0.15) is 17.5 Å². The largest absolute Gasteiger partial charge is 0.412 e. The SMILES string of the molecule is CC(=O)C1(C(=O)c2ccccc2)CC(C(F)(F)F)=CC1c1ccc(C=O)cc1. The van der Waals surface area contributed by atoms with E-state index in [0.717, 1.165) is 13.0 Å². The molecule has 2 unspecified atom stereocenters. The molecule has 0 amide bonds. The molecule has 1 aliphatic carbocycles. The van der Waals surface area contributed by atoms with E-state index >= 15 is 0 Å². The quantitative estimate of drug-likeness (QED) is 0.317. The predicted octanol–water partition coefficient (Wildman–Crippen LogP) is 4.93. The van der Waals surface area contributed by atoms with Gasteiger partial charge in [-0.2, -0.15) is 13.2 Å². The lowest BCUT2D eigenvalue weighted by atomic mass is 9.66. The fourth-order valence-corrected chi connectivity index (χ4v) is 3.74. The fraction of sp³-hybridized carbons (Fsp3) is 0.227. The van der Waals surface area contributed by atoms with Gasteiger partial charge in [-0.1, -0.05) is 60.7 Å². The van der Waals surface area contributed by atoms with Crippen LogP contribution in [-0.2, 0) is 4.79 Å². The summed E-state index contributed by atoms with van der Waals surface area (Å²) in [5, 5.41) is 0. The molecular formula is C22H17F3O3. The number of allylic oxidation sites excluding steroid dienone is 2. The summed E-state index contributed by atoms with van der Waals surface area (Å²) in [7, 11) is 0. The Morgan fingerprint density at radius 1 is 1.04 bits per heavy atom. The Balaban J connectivity index is 2.19. The molecule has 0 saturated heterocycles. The zero-order valence-electron chi connectivity index (χ0n) is 15.0. The van der Waals surface area contributed by atoms with Crippen molar-refractivity contribution in [2.24, 2.45) is 5.41 Å². The molecule has 3 nitrogen and oxygen atoms in total. The molecule has 0 radical (unpaired) electrons. The number of Topliss-reactive ketones (excluding diaryl/α,β-unsaturated/α-hetero) is 2. The number of ketones is 2. The first-order valence-electron chi connectivity index (χ1n) is 8.64. The minimum atomic E-state index is -4.64. The highest BCUT2D eigenvalue weighted by Gasteiger charge is 2.57. The number of carbonyl (C=O) groups is 3. The van der Waals surface area contributed by atoms with Crippen LogP contribution in [0.5, 0.6) is 0 Å². The van der Waals surface area contributed by atoms with Gasteiger partial charge in [0.15, 0.2) is 5.78 Å². The Morgan fingerprint density at radius 3 is 2.14 bits per heavy atom. The Morgan fingerprint density at radius 2 is 1.64 bits per heavy atom. The molecule has 6 heteroatoms. The minimum absolute atomic E-state index is 0.184. The summed E-state index contributed by atoms with van der Waals surface area (Å²) in [5.74, 6) is -2.34. The Hall–Kier alpha value is -3.02. The fourth-order valence-electron chi connectivity index (χ4n) is 3.74. The molecule has 0 aliphatic heterocycles. The van der Waals surface area contributed by atoms with Crippen molar-refractivity contribution >= 4 is 17.9 Å². The monoisotopic (exact) mass is 386 g/mol. The molecule has 0 heterocycles. The first kappa shape index (κ1) is 19.7. The second-order valence-electron chi connectivity index (χ2n) is 6.85. The van der Waals surface area contributed by atoms with Crippen molar-refractivity contribution in [3.05, 3.63) is 82.9 Å². The van der Waals surface area contributed by atoms with Crippen molar-refractivity contribution in [2.75, 3.05) is 0 Å². The highest BCUT2D eigenvalue weighted by molar-refractivity contribution is 6.15. The van der Waals surface area contributed by atoms with E-state index in [1.807, 2.05) is 0 Å². The van der Waals surface area contributed by atoms with E-state index in [2.05, 4.69) is 0 Å². The molecule has 0 N–H and O–H groups in total. The van der Waals surface area contributed by atoms with Crippen LogP contribution in [0.3, 0.4) is 0 Å². The molecule has 0 fully saturated rings. The lowest BCUT2D eigenvalue weighted by Gasteiger charge is -2.32. The molecule has 28 heavy (non-hydrogen) atoms. The van der Waals surface area contributed by atoms with Gasteiger partial charge in [0, 0.05) is 22.6 Å². The number of carbonyl (C=O) groups excluding carboxylic acids is 3. The van der Waals surface area contributed by atoms with Crippen LogP contribution in [0.25, 0.3) is 0 Å². The van der Waals surface area contributed by atoms with Crippen LogP contribution in [0.15, 0.2) is 66.2 Å². The summed E-state index contributed by atoms with van der Waals surface area (Å²) < 4.78 is 40.5. The van der Waals surface area contributed by atoms with Crippen molar-refractivity contribution < 1.29 is 27.6 Å². The van der Waals surface area contributed by atoms with Gasteiger partial charge in [-0.3, -0.25) is 14.4 Å². The van der Waals surface area contributed by atoms with E-state index < -0.39 is 41.1 Å². The van der Waals surface area contributed by atoms with E-state index in [4.69, 9.17) is 0 Å². The maximum atomic E-state index is 13.5. The third-order valence-corrected chi connectivity index (χ3v) is 5.23. The molecule has 144 valence electrons. The standard InChI is InChI=1S/C22H17F3O3/c1-14(27)21(20(28)17-5-3-2-4-6-17)12-18(22(23,24)25)11-19(21)16-9-7-15(13-26)8-10-16/h2-11,13,19H,12H2,1H3. The lowest BCUT2D eigenvalue weighted by Crippen LogP contribution is -2.41. The van der Waals surface area contributed by atoms with Crippen LogP contribution in [0.4, 0.5) is 13.2 Å². The summed E-state index contributed by atoms with van der Waals surface area (Å²) in [5.41, 5.74) is -1.86. The molecule has 2 aromatic carbocycles. The summed E-state index contributed by atoms with van der Waals surface area (Å²) in [4.78, 5) is 36.9. The highest BCUT2D eigenvalue weighted by Crippen LogP contribution is 2.54. The van der Waals surface area contributed by atoms with Crippen LogP contribution in [0.1, 0.15) is 45.5 Å². The third-order valence-electron chi connectivity index (χ3n) is 5.23. The Labute approximate surface area is 159 Å². The normalized spacial score (nSPS) is 21.9. The topological polar surface area (TPSA) is 51.2 Å². The van der Waals surface area contributed by atoms with Gasteiger partial charge in [-0.15, -0.1) is 0 Å². The smallest absolute Gasteiger partial charge is 0.299 e. The molecule has 0 bridgehead atoms. The van der Waals surface area contributed by atoms with E-state index in [0.29, 0.717) is 17.4 Å². The number of rotatable bonds is 5. The molecule has 1 aliphatic rings. The van der Waals surface area contributed by atoms with Gasteiger partial charge in [-0.05, 0) is 18.9 Å². The average molecular weight is 386 g/mol. The first-order valence-corrected chi connectivity index (χ1v) is 8.64. The van der Waals surface area contributed by atoms with Crippen LogP contribution in [-0.4, -0.2) is 24.0 Å². The summed E-state index contributed by atoms with van der Waals surface area (Å²) in [6.45, 7) is 1.15. The molecule has 2 atom stereocenters. The van der Waals surface area contributed by atoms with Gasteiger partial charge >= 0.3 is 6.18 Å². The number of hydrogen-bond donors (Lipinski definition) is 0. The average Bonchev–Trinajstić information content (AvgIpc) is 3.10. The summed E-state index contributed by atoms with van der Waals surface area (Å²) in [6.07, 6.45) is -3.77. The molecular weight excluding hydrogens is 369 g/mol. The van der Waals surface area contributed by atoms with E-state index in [1.165, 1.54) is 36.4 Å². The number of benzene rings is 2. The van der Waals surface area contributed by atoms with Crippen LogP contribution in [0, 0.1) is 5.41 Å². The van der Waals surface area contributed by atoms with Gasteiger partial charge in [0.25, 0.3) is 0 Å². The van der Waals surface area contributed by atoms with E-state index in [-0.39, 0.29) is 5.56 Å². The second kappa shape index (κ2) is 7.19. The molecule has 3 rings (SSSR count). The van der Waals surface area contributed by atoms with Crippen molar-refractivity contribution in [1.82, 2.24) is 0 Å². The molecule has 0 saturated carbocycles. The van der Waals surface area contributed by atoms with Gasteiger partial charge < -0.3 is 0 Å².